The number of thiophene rings is 1. The number of halogens is 1. The Kier molecular flexibility index (Phi) is 4.70. The average Bonchev–Trinajstić information content (AvgIpc) is 2.75. The summed E-state index contributed by atoms with van der Waals surface area (Å²) >= 11 is 7.33. The molecular weight excluding hydrogens is 298 g/mol. The van der Waals surface area contributed by atoms with E-state index in [2.05, 4.69) is 0 Å². The largest absolute Gasteiger partial charge is 0.481 e. The number of hydrogen-bond donors (Lipinski definition) is 1. The van der Waals surface area contributed by atoms with E-state index in [-0.39, 0.29) is 12.3 Å². The van der Waals surface area contributed by atoms with Gasteiger partial charge in [0.05, 0.1) is 16.3 Å². The van der Waals surface area contributed by atoms with E-state index in [4.69, 9.17) is 11.6 Å². The first kappa shape index (κ1) is 15.3. The fourth-order valence-corrected chi connectivity index (χ4v) is 3.58. The predicted octanol–water partition coefficient (Wildman–Crippen LogP) is 3.40. The molecule has 20 heavy (non-hydrogen) atoms. The van der Waals surface area contributed by atoms with Gasteiger partial charge in [-0.15, -0.1) is 11.3 Å². The molecule has 1 heterocycles. The van der Waals surface area contributed by atoms with E-state index in [9.17, 15) is 14.7 Å². The quantitative estimate of drug-likeness (QED) is 0.875. The summed E-state index contributed by atoms with van der Waals surface area (Å²) in [6.45, 7) is 2.98. The zero-order valence-electron chi connectivity index (χ0n) is 11.4. The molecular formula is C14H18ClNO3S. The molecule has 1 aromatic rings. The molecule has 1 aliphatic rings. The highest BCUT2D eigenvalue weighted by Gasteiger charge is 2.46. The van der Waals surface area contributed by atoms with Crippen LogP contribution in [0.25, 0.3) is 0 Å². The maximum Gasteiger partial charge on any atom is 0.310 e. The normalized spacial score (nSPS) is 16.5. The molecule has 0 radical (unpaired) electrons. The molecule has 1 aromatic heterocycles. The highest BCUT2D eigenvalue weighted by atomic mass is 35.5. The maximum atomic E-state index is 12.3. The zero-order valence-corrected chi connectivity index (χ0v) is 13.0. The van der Waals surface area contributed by atoms with Crippen LogP contribution in [0.4, 0.5) is 0 Å². The molecule has 0 unspecified atom stereocenters. The van der Waals surface area contributed by atoms with E-state index in [1.807, 2.05) is 19.1 Å². The summed E-state index contributed by atoms with van der Waals surface area (Å²) in [5.41, 5.74) is -0.822. The first-order chi connectivity index (χ1) is 9.47. The van der Waals surface area contributed by atoms with Crippen molar-refractivity contribution in [2.24, 2.45) is 5.41 Å². The second-order valence-corrected chi connectivity index (χ2v) is 7.03. The summed E-state index contributed by atoms with van der Waals surface area (Å²) in [7, 11) is 0. The van der Waals surface area contributed by atoms with Gasteiger partial charge in [0.15, 0.2) is 0 Å². The smallest absolute Gasteiger partial charge is 0.310 e. The molecule has 1 saturated carbocycles. The third-order valence-corrected chi connectivity index (χ3v) is 5.18. The average molecular weight is 316 g/mol. The lowest BCUT2D eigenvalue weighted by Crippen LogP contribution is -2.43. The number of nitrogens with zero attached hydrogens (tertiary/aromatic N) is 1. The Balaban J connectivity index is 2.00. The number of carbonyl (C=O) groups excluding carboxylic acids is 1. The second kappa shape index (κ2) is 6.14. The molecule has 0 atom stereocenters. The zero-order chi connectivity index (χ0) is 14.8. The lowest BCUT2D eigenvalue weighted by atomic mass is 9.66. The summed E-state index contributed by atoms with van der Waals surface area (Å²) in [5, 5.41) is 9.29. The molecule has 0 aromatic carbocycles. The van der Waals surface area contributed by atoms with Gasteiger partial charge in [-0.05, 0) is 31.9 Å². The summed E-state index contributed by atoms with van der Waals surface area (Å²) in [4.78, 5) is 26.4. The molecule has 1 aliphatic carbocycles. The molecule has 1 fully saturated rings. The molecule has 0 aliphatic heterocycles. The van der Waals surface area contributed by atoms with Crippen LogP contribution in [-0.4, -0.2) is 28.4 Å². The molecule has 2 rings (SSSR count). The number of aliphatic carboxylic acids is 1. The summed E-state index contributed by atoms with van der Waals surface area (Å²) in [6.07, 6.45) is 2.22. The Morgan fingerprint density at radius 2 is 2.15 bits per heavy atom. The van der Waals surface area contributed by atoms with Gasteiger partial charge in [-0.3, -0.25) is 9.59 Å². The molecule has 0 saturated heterocycles. The number of carboxylic acid groups (broad SMARTS) is 1. The SMILES string of the molecule is CCN(Cc1ccc(Cl)s1)C(=O)CC1(C(=O)O)CCC1. The molecule has 0 bridgehead atoms. The number of amides is 1. The summed E-state index contributed by atoms with van der Waals surface area (Å²) < 4.78 is 0.699. The Labute approximate surface area is 127 Å². The Morgan fingerprint density at radius 3 is 2.55 bits per heavy atom. The lowest BCUT2D eigenvalue weighted by Gasteiger charge is -2.38. The van der Waals surface area contributed by atoms with E-state index in [1.54, 1.807) is 4.90 Å². The topological polar surface area (TPSA) is 57.6 Å². The van der Waals surface area contributed by atoms with Crippen molar-refractivity contribution >= 4 is 34.8 Å². The van der Waals surface area contributed by atoms with Crippen LogP contribution in [-0.2, 0) is 16.1 Å². The number of carboxylic acids is 1. The minimum absolute atomic E-state index is 0.0841. The van der Waals surface area contributed by atoms with E-state index < -0.39 is 11.4 Å². The van der Waals surface area contributed by atoms with Crippen molar-refractivity contribution in [2.75, 3.05) is 6.54 Å². The third-order valence-electron chi connectivity index (χ3n) is 3.96. The van der Waals surface area contributed by atoms with E-state index >= 15 is 0 Å². The minimum atomic E-state index is -0.840. The van der Waals surface area contributed by atoms with Crippen molar-refractivity contribution in [1.82, 2.24) is 4.90 Å². The van der Waals surface area contributed by atoms with Crippen LogP contribution in [0.1, 0.15) is 37.5 Å². The highest BCUT2D eigenvalue weighted by molar-refractivity contribution is 7.16. The van der Waals surface area contributed by atoms with E-state index in [1.165, 1.54) is 11.3 Å². The van der Waals surface area contributed by atoms with Crippen LogP contribution in [0.2, 0.25) is 4.34 Å². The monoisotopic (exact) mass is 315 g/mol. The molecule has 110 valence electrons. The predicted molar refractivity (Wildman–Crippen MR) is 79.0 cm³/mol. The van der Waals surface area contributed by atoms with Crippen LogP contribution in [0, 0.1) is 5.41 Å². The molecule has 0 spiro atoms. The van der Waals surface area contributed by atoms with Crippen LogP contribution in [0.3, 0.4) is 0 Å². The number of rotatable bonds is 6. The fourth-order valence-electron chi connectivity index (χ4n) is 2.47. The second-order valence-electron chi connectivity index (χ2n) is 5.23. The van der Waals surface area contributed by atoms with Crippen molar-refractivity contribution in [3.63, 3.8) is 0 Å². The summed E-state index contributed by atoms with van der Waals surface area (Å²) in [6, 6.07) is 3.71. The van der Waals surface area contributed by atoms with Crippen LogP contribution >= 0.6 is 22.9 Å². The minimum Gasteiger partial charge on any atom is -0.481 e. The van der Waals surface area contributed by atoms with E-state index in [0.29, 0.717) is 30.3 Å². The van der Waals surface area contributed by atoms with Crippen molar-refractivity contribution < 1.29 is 14.7 Å². The van der Waals surface area contributed by atoms with Gasteiger partial charge in [-0.1, -0.05) is 18.0 Å². The first-order valence-corrected chi connectivity index (χ1v) is 7.92. The van der Waals surface area contributed by atoms with Gasteiger partial charge < -0.3 is 10.0 Å². The molecule has 1 N–H and O–H groups in total. The van der Waals surface area contributed by atoms with Crippen LogP contribution < -0.4 is 0 Å². The van der Waals surface area contributed by atoms with Gasteiger partial charge in [-0.2, -0.15) is 0 Å². The summed E-state index contributed by atoms with van der Waals surface area (Å²) in [5.74, 6) is -0.925. The van der Waals surface area contributed by atoms with Crippen LogP contribution in [0.5, 0.6) is 0 Å². The number of hydrogen-bond acceptors (Lipinski definition) is 3. The molecule has 1 amide bonds. The lowest BCUT2D eigenvalue weighted by molar-refractivity contribution is -0.159. The standard InChI is InChI=1S/C14H18ClNO3S/c1-2-16(9-10-4-5-11(15)20-10)12(17)8-14(13(18)19)6-3-7-14/h4-5H,2-3,6-9H2,1H3,(H,18,19). The van der Waals surface area contributed by atoms with Gasteiger partial charge >= 0.3 is 5.97 Å². The van der Waals surface area contributed by atoms with Gasteiger partial charge in [0.1, 0.15) is 0 Å². The molecule has 6 heteroatoms. The fraction of sp³-hybridized carbons (Fsp3) is 0.571. The first-order valence-electron chi connectivity index (χ1n) is 6.72. The van der Waals surface area contributed by atoms with Crippen molar-refractivity contribution in [3.8, 4) is 0 Å². The van der Waals surface area contributed by atoms with E-state index in [0.717, 1.165) is 11.3 Å². The van der Waals surface area contributed by atoms with Gasteiger partial charge in [0, 0.05) is 17.8 Å². The van der Waals surface area contributed by atoms with Crippen molar-refractivity contribution in [2.45, 2.75) is 39.2 Å². The molecule has 4 nitrogen and oxygen atoms in total. The van der Waals surface area contributed by atoms with Crippen LogP contribution in [0.15, 0.2) is 12.1 Å². The Hall–Kier alpha value is -1.07. The Morgan fingerprint density at radius 1 is 1.45 bits per heavy atom. The number of carbonyl (C=O) groups is 2. The Bertz CT molecular complexity index is 510. The maximum absolute atomic E-state index is 12.3. The van der Waals surface area contributed by atoms with Crippen molar-refractivity contribution in [3.05, 3.63) is 21.3 Å². The third kappa shape index (κ3) is 3.15. The van der Waals surface area contributed by atoms with Gasteiger partial charge in [0.2, 0.25) is 5.91 Å². The van der Waals surface area contributed by atoms with Gasteiger partial charge in [-0.25, -0.2) is 0 Å². The van der Waals surface area contributed by atoms with Crippen molar-refractivity contribution in [1.29, 1.82) is 0 Å². The van der Waals surface area contributed by atoms with Gasteiger partial charge in [0.25, 0.3) is 0 Å². The highest BCUT2D eigenvalue weighted by Crippen LogP contribution is 2.44.